The zero-order valence-electron chi connectivity index (χ0n) is 10.3. The number of carbonyl (C=O) groups is 2. The van der Waals surface area contributed by atoms with Crippen LogP contribution < -0.4 is 0 Å². The summed E-state index contributed by atoms with van der Waals surface area (Å²) < 4.78 is 9.83. The molecule has 0 aromatic rings. The molecule has 8 nitrogen and oxygen atoms in total. The number of hydrogen-bond donors (Lipinski definition) is 4. The predicted octanol–water partition coefficient (Wildman–Crippen LogP) is -1.14. The van der Waals surface area contributed by atoms with Crippen LogP contribution in [0.4, 0.5) is 0 Å². The summed E-state index contributed by atoms with van der Waals surface area (Å²) in [4.78, 5) is 19.7. The quantitative estimate of drug-likeness (QED) is 0.323. The molecule has 1 saturated heterocycles. The van der Waals surface area contributed by atoms with Gasteiger partial charge in [-0.1, -0.05) is 6.58 Å². The van der Waals surface area contributed by atoms with Crippen LogP contribution in [-0.4, -0.2) is 71.0 Å². The van der Waals surface area contributed by atoms with E-state index < -0.39 is 24.5 Å². The van der Waals surface area contributed by atoms with Crippen molar-refractivity contribution in [2.75, 3.05) is 26.4 Å². The molecule has 0 spiro atoms. The first-order valence-corrected chi connectivity index (χ1v) is 5.48. The molecule has 1 aliphatic heterocycles. The van der Waals surface area contributed by atoms with Crippen molar-refractivity contribution in [3.8, 4) is 0 Å². The Labute approximate surface area is 109 Å². The summed E-state index contributed by atoms with van der Waals surface area (Å²) in [5.41, 5.74) is -0.303. The Morgan fingerprint density at radius 1 is 1.42 bits per heavy atom. The van der Waals surface area contributed by atoms with Gasteiger partial charge < -0.3 is 29.9 Å². The average molecular weight is 278 g/mol. The van der Waals surface area contributed by atoms with E-state index in [0.29, 0.717) is 6.61 Å². The van der Waals surface area contributed by atoms with E-state index >= 15 is 0 Å². The highest BCUT2D eigenvalue weighted by Crippen LogP contribution is 2.08. The molecule has 0 amide bonds. The van der Waals surface area contributed by atoms with Gasteiger partial charge in [-0.25, -0.2) is 4.79 Å². The minimum atomic E-state index is -1.27. The van der Waals surface area contributed by atoms with E-state index in [9.17, 15) is 9.59 Å². The molecule has 0 saturated carbocycles. The summed E-state index contributed by atoms with van der Waals surface area (Å²) >= 11 is 0. The predicted molar refractivity (Wildman–Crippen MR) is 62.7 cm³/mol. The maximum absolute atomic E-state index is 9.87. The van der Waals surface area contributed by atoms with Crippen molar-refractivity contribution in [2.45, 2.75) is 18.6 Å². The summed E-state index contributed by atoms with van der Waals surface area (Å²) in [6.07, 6.45) is -1.03. The summed E-state index contributed by atoms with van der Waals surface area (Å²) in [7, 11) is 0. The first kappa shape index (κ1) is 17.5. The molecule has 1 fully saturated rings. The van der Waals surface area contributed by atoms with Gasteiger partial charge in [-0.2, -0.15) is 0 Å². The maximum Gasteiger partial charge on any atom is 0.331 e. The lowest BCUT2D eigenvalue weighted by molar-refractivity contribution is -0.139. The highest BCUT2D eigenvalue weighted by molar-refractivity contribution is 5.91. The molecule has 0 aliphatic carbocycles. The number of ether oxygens (including phenoxy) is 2. The molecule has 19 heavy (non-hydrogen) atoms. The maximum atomic E-state index is 9.87. The number of hydrogen-bond acceptors (Lipinski definition) is 6. The first-order chi connectivity index (χ1) is 8.86. The first-order valence-electron chi connectivity index (χ1n) is 5.48. The molecule has 0 radical (unpaired) electrons. The number of aliphatic carboxylic acids is 2. The average Bonchev–Trinajstić information content (AvgIpc) is 3.12. The standard InChI is InChI=1S/C6H12O4.C5H6O4/c7-1-5(8)2-9-3-6-4-10-6;1-3(5(8)9)2-4(6)7/h5-8H,1-4H2;1-2H2,(H,6,7)(H,8,9). The van der Waals surface area contributed by atoms with Crippen molar-refractivity contribution in [3.63, 3.8) is 0 Å². The van der Waals surface area contributed by atoms with Crippen LogP contribution in [0, 0.1) is 0 Å². The van der Waals surface area contributed by atoms with Crippen LogP contribution in [0.3, 0.4) is 0 Å². The Bertz CT molecular complexity index is 310. The van der Waals surface area contributed by atoms with Crippen molar-refractivity contribution >= 4 is 11.9 Å². The van der Waals surface area contributed by atoms with Gasteiger partial charge >= 0.3 is 11.9 Å². The zero-order valence-corrected chi connectivity index (χ0v) is 10.3. The van der Waals surface area contributed by atoms with Gasteiger partial charge in [0, 0.05) is 5.57 Å². The van der Waals surface area contributed by atoms with Gasteiger partial charge in [-0.3, -0.25) is 4.79 Å². The fraction of sp³-hybridized carbons (Fsp3) is 0.636. The van der Waals surface area contributed by atoms with E-state index in [2.05, 4.69) is 6.58 Å². The molecule has 0 bridgehead atoms. The lowest BCUT2D eigenvalue weighted by Gasteiger charge is -2.05. The van der Waals surface area contributed by atoms with Crippen LogP contribution in [-0.2, 0) is 19.1 Å². The molecule has 1 heterocycles. The van der Waals surface area contributed by atoms with Crippen LogP contribution in [0.5, 0.6) is 0 Å². The number of aliphatic hydroxyl groups excluding tert-OH is 2. The number of carboxylic acid groups (broad SMARTS) is 2. The van der Waals surface area contributed by atoms with E-state index in [1.165, 1.54) is 0 Å². The summed E-state index contributed by atoms with van der Waals surface area (Å²) in [6, 6.07) is 0. The van der Waals surface area contributed by atoms with Gasteiger partial charge in [-0.05, 0) is 0 Å². The summed E-state index contributed by atoms with van der Waals surface area (Å²) in [5.74, 6) is -2.44. The fourth-order valence-electron chi connectivity index (χ4n) is 0.811. The van der Waals surface area contributed by atoms with Crippen LogP contribution in [0.2, 0.25) is 0 Å². The third-order valence-corrected chi connectivity index (χ3v) is 1.89. The van der Waals surface area contributed by atoms with Gasteiger partial charge in [0.25, 0.3) is 0 Å². The third-order valence-electron chi connectivity index (χ3n) is 1.89. The Morgan fingerprint density at radius 3 is 2.32 bits per heavy atom. The van der Waals surface area contributed by atoms with E-state index in [0.717, 1.165) is 6.61 Å². The Hall–Kier alpha value is -1.48. The molecular formula is C11H18O8. The highest BCUT2D eigenvalue weighted by atomic mass is 16.6. The molecule has 0 aromatic heterocycles. The number of rotatable bonds is 8. The van der Waals surface area contributed by atoms with Crippen LogP contribution in [0.25, 0.3) is 0 Å². The van der Waals surface area contributed by atoms with E-state index in [-0.39, 0.29) is 24.9 Å². The molecule has 2 atom stereocenters. The van der Waals surface area contributed by atoms with Gasteiger partial charge in [0.15, 0.2) is 0 Å². The largest absolute Gasteiger partial charge is 0.481 e. The second-order valence-electron chi connectivity index (χ2n) is 3.81. The molecule has 1 rings (SSSR count). The fourth-order valence-corrected chi connectivity index (χ4v) is 0.811. The third kappa shape index (κ3) is 11.3. The summed E-state index contributed by atoms with van der Waals surface area (Å²) in [6.45, 7) is 4.24. The zero-order chi connectivity index (χ0) is 14.8. The van der Waals surface area contributed by atoms with Crippen molar-refractivity contribution < 1.29 is 39.5 Å². The van der Waals surface area contributed by atoms with Gasteiger partial charge in [0.1, 0.15) is 12.2 Å². The summed E-state index contributed by atoms with van der Waals surface area (Å²) in [5, 5.41) is 33.2. The SMILES string of the molecule is C=C(CC(=O)O)C(=O)O.OCC(O)COCC1CO1. The minimum absolute atomic E-state index is 0.191. The normalized spacial score (nSPS) is 17.9. The van der Waals surface area contributed by atoms with Crippen LogP contribution >= 0.6 is 0 Å². The monoisotopic (exact) mass is 278 g/mol. The van der Waals surface area contributed by atoms with Crippen molar-refractivity contribution in [1.82, 2.24) is 0 Å². The van der Waals surface area contributed by atoms with Gasteiger partial charge in [0.05, 0.1) is 32.8 Å². The highest BCUT2D eigenvalue weighted by Gasteiger charge is 2.22. The topological polar surface area (TPSA) is 137 Å². The molecule has 8 heteroatoms. The number of aliphatic hydroxyl groups is 2. The van der Waals surface area contributed by atoms with Crippen LogP contribution in [0.1, 0.15) is 6.42 Å². The molecule has 1 aliphatic rings. The second kappa shape index (κ2) is 9.45. The second-order valence-corrected chi connectivity index (χ2v) is 3.81. The van der Waals surface area contributed by atoms with Crippen molar-refractivity contribution in [3.05, 3.63) is 12.2 Å². The molecular weight excluding hydrogens is 260 g/mol. The molecule has 2 unspecified atom stereocenters. The van der Waals surface area contributed by atoms with E-state index in [4.69, 9.17) is 29.9 Å². The van der Waals surface area contributed by atoms with E-state index in [1.54, 1.807) is 0 Å². The number of carboxylic acids is 2. The Balaban J connectivity index is 0.000000344. The lowest BCUT2D eigenvalue weighted by atomic mass is 10.2. The molecule has 110 valence electrons. The molecule has 0 aromatic carbocycles. The Kier molecular flexibility index (Phi) is 8.71. The lowest BCUT2D eigenvalue weighted by Crippen LogP contribution is -2.20. The number of epoxide rings is 1. The van der Waals surface area contributed by atoms with E-state index in [1.807, 2.05) is 0 Å². The molecule has 4 N–H and O–H groups in total. The van der Waals surface area contributed by atoms with Crippen LogP contribution in [0.15, 0.2) is 12.2 Å². The minimum Gasteiger partial charge on any atom is -0.481 e. The van der Waals surface area contributed by atoms with Crippen molar-refractivity contribution in [2.24, 2.45) is 0 Å². The van der Waals surface area contributed by atoms with Gasteiger partial charge in [-0.15, -0.1) is 0 Å². The Morgan fingerprint density at radius 2 is 2.00 bits per heavy atom. The van der Waals surface area contributed by atoms with Gasteiger partial charge in [0.2, 0.25) is 0 Å². The smallest absolute Gasteiger partial charge is 0.331 e. The van der Waals surface area contributed by atoms with Crippen molar-refractivity contribution in [1.29, 1.82) is 0 Å².